The van der Waals surface area contributed by atoms with Crippen molar-refractivity contribution in [3.05, 3.63) is 81.4 Å². The molecule has 0 N–H and O–H groups in total. The van der Waals surface area contributed by atoms with Crippen molar-refractivity contribution in [2.45, 2.75) is 0 Å². The molecular formula is C22H18FN5O3. The molecule has 0 aliphatic heterocycles. The average molecular weight is 419 g/mol. The third kappa shape index (κ3) is 2.70. The lowest BCUT2D eigenvalue weighted by Gasteiger charge is -2.10. The zero-order valence-electron chi connectivity index (χ0n) is 17.0. The smallest absolute Gasteiger partial charge is 0.332 e. The minimum absolute atomic E-state index is 0.287. The van der Waals surface area contributed by atoms with E-state index in [0.29, 0.717) is 17.2 Å². The van der Waals surface area contributed by atoms with E-state index < -0.39 is 11.2 Å². The van der Waals surface area contributed by atoms with Crippen LogP contribution in [0.4, 0.5) is 4.39 Å². The predicted octanol–water partition coefficient (Wildman–Crippen LogP) is 2.49. The van der Waals surface area contributed by atoms with Crippen LogP contribution in [0.2, 0.25) is 0 Å². The summed E-state index contributed by atoms with van der Waals surface area (Å²) in [5.74, 6) is 0.809. The van der Waals surface area contributed by atoms with Crippen LogP contribution in [-0.2, 0) is 14.1 Å². The molecule has 2 aromatic carbocycles. The Morgan fingerprint density at radius 3 is 2.26 bits per heavy atom. The summed E-state index contributed by atoms with van der Waals surface area (Å²) in [5, 5.41) is 0. The fourth-order valence-corrected chi connectivity index (χ4v) is 3.78. The molecule has 0 aliphatic carbocycles. The average Bonchev–Trinajstić information content (AvgIpc) is 3.33. The maximum Gasteiger partial charge on any atom is 0.332 e. The maximum absolute atomic E-state index is 13.5. The molecular weight excluding hydrogens is 401 g/mol. The number of rotatable bonds is 3. The highest BCUT2D eigenvalue weighted by molar-refractivity contribution is 5.79. The first-order valence-corrected chi connectivity index (χ1v) is 9.50. The minimum Gasteiger partial charge on any atom is -0.497 e. The standard InChI is InChI=1S/C22H18FN5O3/c1-25-19-18(20(29)26(2)22(25)30)27-12-17(13-4-6-14(23)7-5-13)28(21(27)24-19)15-8-10-16(31-3)11-9-15/h4-12H,1-3H3. The van der Waals surface area contributed by atoms with Gasteiger partial charge in [-0.3, -0.25) is 22.9 Å². The van der Waals surface area contributed by atoms with Crippen molar-refractivity contribution in [3.8, 4) is 22.7 Å². The van der Waals surface area contributed by atoms with Crippen molar-refractivity contribution in [2.24, 2.45) is 14.1 Å². The van der Waals surface area contributed by atoms with Crippen molar-refractivity contribution in [1.29, 1.82) is 0 Å². The number of methoxy groups -OCH3 is 1. The van der Waals surface area contributed by atoms with Gasteiger partial charge in [-0.25, -0.2) is 9.18 Å². The molecule has 8 nitrogen and oxygen atoms in total. The van der Waals surface area contributed by atoms with Crippen LogP contribution in [0.5, 0.6) is 5.75 Å². The fraction of sp³-hybridized carbons (Fsp3) is 0.136. The first-order chi connectivity index (χ1) is 14.9. The lowest BCUT2D eigenvalue weighted by atomic mass is 10.1. The second-order valence-corrected chi connectivity index (χ2v) is 7.21. The Morgan fingerprint density at radius 1 is 0.935 bits per heavy atom. The van der Waals surface area contributed by atoms with Crippen LogP contribution >= 0.6 is 0 Å². The molecule has 31 heavy (non-hydrogen) atoms. The summed E-state index contributed by atoms with van der Waals surface area (Å²) < 4.78 is 24.7. The number of ether oxygens (including phenoxy) is 1. The molecule has 9 heteroatoms. The second kappa shape index (κ2) is 6.69. The molecule has 0 radical (unpaired) electrons. The van der Waals surface area contributed by atoms with Crippen molar-refractivity contribution >= 4 is 16.9 Å². The molecule has 0 aliphatic rings. The van der Waals surface area contributed by atoms with E-state index in [1.807, 2.05) is 28.8 Å². The molecule has 0 bridgehead atoms. The van der Waals surface area contributed by atoms with Gasteiger partial charge < -0.3 is 4.74 Å². The number of fused-ring (bicyclic) bond motifs is 3. The highest BCUT2D eigenvalue weighted by atomic mass is 19.1. The highest BCUT2D eigenvalue weighted by Crippen LogP contribution is 2.29. The zero-order valence-corrected chi connectivity index (χ0v) is 17.0. The van der Waals surface area contributed by atoms with Crippen LogP contribution < -0.4 is 16.0 Å². The summed E-state index contributed by atoms with van der Waals surface area (Å²) in [6.07, 6.45) is 1.77. The fourth-order valence-electron chi connectivity index (χ4n) is 3.78. The van der Waals surface area contributed by atoms with E-state index in [4.69, 9.17) is 4.74 Å². The Kier molecular flexibility index (Phi) is 4.07. The van der Waals surface area contributed by atoms with Gasteiger partial charge in [0.05, 0.1) is 12.8 Å². The van der Waals surface area contributed by atoms with E-state index in [9.17, 15) is 14.0 Å². The number of imidazole rings is 2. The van der Waals surface area contributed by atoms with Crippen molar-refractivity contribution in [1.82, 2.24) is 23.1 Å². The normalized spacial score (nSPS) is 11.5. The quantitative estimate of drug-likeness (QED) is 0.450. The van der Waals surface area contributed by atoms with Gasteiger partial charge in [0.15, 0.2) is 11.2 Å². The van der Waals surface area contributed by atoms with E-state index in [1.165, 1.54) is 23.7 Å². The van der Waals surface area contributed by atoms with E-state index >= 15 is 0 Å². The monoisotopic (exact) mass is 419 g/mol. The molecule has 0 atom stereocenters. The van der Waals surface area contributed by atoms with Gasteiger partial charge in [-0.15, -0.1) is 0 Å². The minimum atomic E-state index is -0.451. The van der Waals surface area contributed by atoms with E-state index in [0.717, 1.165) is 15.8 Å². The summed E-state index contributed by atoms with van der Waals surface area (Å²) >= 11 is 0. The van der Waals surface area contributed by atoms with Crippen molar-refractivity contribution in [2.75, 3.05) is 7.11 Å². The van der Waals surface area contributed by atoms with Gasteiger partial charge in [0.2, 0.25) is 5.78 Å². The summed E-state index contributed by atoms with van der Waals surface area (Å²) in [7, 11) is 4.60. The number of aromatic nitrogens is 5. The second-order valence-electron chi connectivity index (χ2n) is 7.21. The van der Waals surface area contributed by atoms with Crippen LogP contribution in [0, 0.1) is 5.82 Å². The molecule has 5 aromatic rings. The van der Waals surface area contributed by atoms with Crippen molar-refractivity contribution in [3.63, 3.8) is 0 Å². The summed E-state index contributed by atoms with van der Waals surface area (Å²) in [6, 6.07) is 13.5. The Hall–Kier alpha value is -4.14. The van der Waals surface area contributed by atoms with E-state index in [-0.39, 0.29) is 17.0 Å². The van der Waals surface area contributed by atoms with Crippen LogP contribution in [-0.4, -0.2) is 30.2 Å². The maximum atomic E-state index is 13.5. The Bertz CT molecular complexity index is 1570. The molecule has 0 saturated heterocycles. The molecule has 0 spiro atoms. The van der Waals surface area contributed by atoms with E-state index in [2.05, 4.69) is 4.98 Å². The van der Waals surface area contributed by atoms with Gasteiger partial charge in [-0.2, -0.15) is 4.98 Å². The molecule has 5 rings (SSSR count). The van der Waals surface area contributed by atoms with Gasteiger partial charge in [0.25, 0.3) is 5.56 Å². The van der Waals surface area contributed by atoms with Gasteiger partial charge in [0, 0.05) is 31.5 Å². The number of nitrogens with zero attached hydrogens (tertiary/aromatic N) is 5. The number of aryl methyl sites for hydroxylation is 1. The topological polar surface area (TPSA) is 75.5 Å². The van der Waals surface area contributed by atoms with Crippen LogP contribution in [0.3, 0.4) is 0 Å². The molecule has 156 valence electrons. The molecule has 0 unspecified atom stereocenters. The number of halogens is 1. The molecule has 0 saturated carbocycles. The van der Waals surface area contributed by atoms with Gasteiger partial charge in [-0.05, 0) is 48.5 Å². The Morgan fingerprint density at radius 2 is 1.61 bits per heavy atom. The molecule has 3 aromatic heterocycles. The first-order valence-electron chi connectivity index (χ1n) is 9.50. The molecule has 0 fully saturated rings. The molecule has 0 amide bonds. The largest absolute Gasteiger partial charge is 0.497 e. The van der Waals surface area contributed by atoms with Crippen LogP contribution in [0.15, 0.2) is 64.3 Å². The van der Waals surface area contributed by atoms with Gasteiger partial charge in [-0.1, -0.05) is 0 Å². The lowest BCUT2D eigenvalue weighted by Crippen LogP contribution is -2.37. The van der Waals surface area contributed by atoms with Gasteiger partial charge >= 0.3 is 5.69 Å². The summed E-state index contributed by atoms with van der Waals surface area (Å²) in [4.78, 5) is 29.9. The number of hydrogen-bond acceptors (Lipinski definition) is 4. The Balaban J connectivity index is 1.92. The van der Waals surface area contributed by atoms with Crippen molar-refractivity contribution < 1.29 is 9.13 Å². The molecule has 3 heterocycles. The summed E-state index contributed by atoms with van der Waals surface area (Å²) in [6.45, 7) is 0. The predicted molar refractivity (Wildman–Crippen MR) is 114 cm³/mol. The first kappa shape index (κ1) is 18.9. The third-order valence-electron chi connectivity index (χ3n) is 5.44. The van der Waals surface area contributed by atoms with Crippen LogP contribution in [0.25, 0.3) is 33.9 Å². The summed E-state index contributed by atoms with van der Waals surface area (Å²) in [5.41, 5.74) is 1.91. The third-order valence-corrected chi connectivity index (χ3v) is 5.44. The number of benzene rings is 2. The van der Waals surface area contributed by atoms with Gasteiger partial charge in [0.1, 0.15) is 11.6 Å². The highest BCUT2D eigenvalue weighted by Gasteiger charge is 2.21. The SMILES string of the molecule is COc1ccc(-n2c(-c3ccc(F)cc3)cn3c4c(=O)n(C)c(=O)n(C)c4nc23)cc1. The Labute approximate surface area is 175 Å². The van der Waals surface area contributed by atoms with Crippen LogP contribution in [0.1, 0.15) is 0 Å². The lowest BCUT2D eigenvalue weighted by molar-refractivity contribution is 0.415. The number of hydrogen-bond donors (Lipinski definition) is 0. The van der Waals surface area contributed by atoms with E-state index in [1.54, 1.807) is 36.9 Å². The zero-order chi connectivity index (χ0) is 21.9.